The van der Waals surface area contributed by atoms with E-state index in [1.165, 1.54) is 0 Å². The fourth-order valence-electron chi connectivity index (χ4n) is 2.66. The number of hydrogen-bond acceptors (Lipinski definition) is 4. The molecular formula is C18H19ClN2O3S. The van der Waals surface area contributed by atoms with Gasteiger partial charge in [-0.3, -0.25) is 9.69 Å². The van der Waals surface area contributed by atoms with Crippen LogP contribution in [0, 0.1) is 0 Å². The maximum atomic E-state index is 12.3. The van der Waals surface area contributed by atoms with E-state index < -0.39 is 9.84 Å². The van der Waals surface area contributed by atoms with Crippen molar-refractivity contribution in [2.75, 3.05) is 29.9 Å². The summed E-state index contributed by atoms with van der Waals surface area (Å²) in [4.78, 5) is 14.4. The van der Waals surface area contributed by atoms with E-state index in [9.17, 15) is 13.2 Å². The van der Waals surface area contributed by atoms with Crippen LogP contribution in [0.4, 0.5) is 5.69 Å². The van der Waals surface area contributed by atoms with Crippen LogP contribution in [-0.4, -0.2) is 43.8 Å². The Kier molecular flexibility index (Phi) is 5.42. The highest BCUT2D eigenvalue weighted by Gasteiger charge is 2.21. The van der Waals surface area contributed by atoms with E-state index in [-0.39, 0.29) is 17.4 Å². The average molecular weight is 379 g/mol. The van der Waals surface area contributed by atoms with Crippen molar-refractivity contribution < 1.29 is 13.2 Å². The van der Waals surface area contributed by atoms with E-state index in [0.29, 0.717) is 35.9 Å². The number of nitrogens with one attached hydrogen (secondary N) is 1. The van der Waals surface area contributed by atoms with E-state index >= 15 is 0 Å². The molecule has 0 bridgehead atoms. The van der Waals surface area contributed by atoms with Crippen molar-refractivity contribution >= 4 is 33.0 Å². The second-order valence-electron chi connectivity index (χ2n) is 6.09. The van der Waals surface area contributed by atoms with Crippen molar-refractivity contribution in [3.05, 3.63) is 64.7 Å². The molecule has 0 aliphatic carbocycles. The van der Waals surface area contributed by atoms with Gasteiger partial charge in [0.15, 0.2) is 9.84 Å². The van der Waals surface area contributed by atoms with E-state index in [2.05, 4.69) is 10.2 Å². The zero-order valence-corrected chi connectivity index (χ0v) is 15.2. The van der Waals surface area contributed by atoms with E-state index in [0.717, 1.165) is 5.56 Å². The highest BCUT2D eigenvalue weighted by molar-refractivity contribution is 7.91. The molecular weight excluding hydrogens is 360 g/mol. The third-order valence-electron chi connectivity index (χ3n) is 4.16. The summed E-state index contributed by atoms with van der Waals surface area (Å²) in [5.41, 5.74) is 2.32. The van der Waals surface area contributed by atoms with Gasteiger partial charge < -0.3 is 5.32 Å². The molecule has 132 valence electrons. The Balaban J connectivity index is 1.58. The van der Waals surface area contributed by atoms with Crippen molar-refractivity contribution in [2.24, 2.45) is 0 Å². The molecule has 3 rings (SSSR count). The lowest BCUT2D eigenvalue weighted by atomic mass is 10.1. The van der Waals surface area contributed by atoms with Gasteiger partial charge in [0.25, 0.3) is 5.91 Å². The van der Waals surface area contributed by atoms with Crippen LogP contribution in [0.3, 0.4) is 0 Å². The fourth-order valence-corrected chi connectivity index (χ4v) is 4.07. The number of hydrogen-bond donors (Lipinski definition) is 1. The Morgan fingerprint density at radius 1 is 1.00 bits per heavy atom. The number of halogens is 1. The van der Waals surface area contributed by atoms with Gasteiger partial charge in [0, 0.05) is 35.9 Å². The number of carbonyl (C=O) groups is 1. The summed E-state index contributed by atoms with van der Waals surface area (Å²) >= 11 is 5.83. The quantitative estimate of drug-likeness (QED) is 0.888. The number of rotatable bonds is 4. The second-order valence-corrected chi connectivity index (χ2v) is 8.83. The molecule has 7 heteroatoms. The van der Waals surface area contributed by atoms with E-state index in [1.54, 1.807) is 36.4 Å². The Hall–Kier alpha value is -1.89. The lowest BCUT2D eigenvalue weighted by Gasteiger charge is -2.26. The minimum absolute atomic E-state index is 0.182. The number of carbonyl (C=O) groups excluding carboxylic acids is 1. The summed E-state index contributed by atoms with van der Waals surface area (Å²) in [6.45, 7) is 1.80. The van der Waals surface area contributed by atoms with E-state index in [4.69, 9.17) is 11.6 Å². The molecule has 1 aliphatic heterocycles. The summed E-state index contributed by atoms with van der Waals surface area (Å²) in [5, 5.41) is 3.44. The Labute approximate surface area is 152 Å². The van der Waals surface area contributed by atoms with Crippen LogP contribution < -0.4 is 5.32 Å². The minimum atomic E-state index is -2.86. The van der Waals surface area contributed by atoms with Crippen LogP contribution in [0.1, 0.15) is 15.9 Å². The third kappa shape index (κ3) is 5.04. The Morgan fingerprint density at radius 2 is 1.60 bits per heavy atom. The molecule has 25 heavy (non-hydrogen) atoms. The molecule has 1 amide bonds. The highest BCUT2D eigenvalue weighted by atomic mass is 35.5. The van der Waals surface area contributed by atoms with Crippen LogP contribution in [-0.2, 0) is 16.4 Å². The molecule has 1 aliphatic rings. The first-order chi connectivity index (χ1) is 11.9. The summed E-state index contributed by atoms with van der Waals surface area (Å²) in [5.74, 6) is 0.251. The number of nitrogens with zero attached hydrogens (tertiary/aromatic N) is 1. The second kappa shape index (κ2) is 7.56. The number of anilines is 1. The predicted molar refractivity (Wildman–Crippen MR) is 99.8 cm³/mol. The first-order valence-corrected chi connectivity index (χ1v) is 10.2. The number of amides is 1. The Morgan fingerprint density at radius 3 is 2.20 bits per heavy atom. The predicted octanol–water partition coefficient (Wildman–Crippen LogP) is 2.82. The van der Waals surface area contributed by atoms with Crippen LogP contribution in [0.5, 0.6) is 0 Å². The topological polar surface area (TPSA) is 66.5 Å². The normalized spacial score (nSPS) is 17.2. The summed E-state index contributed by atoms with van der Waals surface area (Å²) in [7, 11) is -2.86. The van der Waals surface area contributed by atoms with Crippen molar-refractivity contribution in [1.82, 2.24) is 4.90 Å². The molecule has 1 fully saturated rings. The average Bonchev–Trinajstić information content (AvgIpc) is 2.59. The largest absolute Gasteiger partial charge is 0.322 e. The van der Waals surface area contributed by atoms with Crippen molar-refractivity contribution in [3.8, 4) is 0 Å². The van der Waals surface area contributed by atoms with Gasteiger partial charge in [-0.05, 0) is 42.0 Å². The molecule has 0 radical (unpaired) electrons. The fraction of sp³-hybridized carbons (Fsp3) is 0.278. The van der Waals surface area contributed by atoms with Crippen LogP contribution in [0.15, 0.2) is 48.5 Å². The SMILES string of the molecule is O=C(Nc1ccc(Cl)cc1)c1ccc(CN2CCS(=O)(=O)CC2)cc1. The maximum Gasteiger partial charge on any atom is 0.255 e. The number of benzene rings is 2. The molecule has 0 unspecified atom stereocenters. The highest BCUT2D eigenvalue weighted by Crippen LogP contribution is 2.15. The molecule has 1 saturated heterocycles. The van der Waals surface area contributed by atoms with Gasteiger partial charge in [-0.1, -0.05) is 23.7 Å². The molecule has 1 N–H and O–H groups in total. The van der Waals surface area contributed by atoms with Gasteiger partial charge in [-0.25, -0.2) is 8.42 Å². The Bertz CT molecular complexity index is 835. The zero-order chi connectivity index (χ0) is 17.9. The lowest BCUT2D eigenvalue weighted by Crippen LogP contribution is -2.39. The van der Waals surface area contributed by atoms with E-state index in [1.807, 2.05) is 12.1 Å². The summed E-state index contributed by atoms with van der Waals surface area (Å²) < 4.78 is 22.9. The van der Waals surface area contributed by atoms with Crippen molar-refractivity contribution in [2.45, 2.75) is 6.54 Å². The van der Waals surface area contributed by atoms with Gasteiger partial charge in [0.05, 0.1) is 11.5 Å². The maximum absolute atomic E-state index is 12.3. The molecule has 0 aromatic heterocycles. The lowest BCUT2D eigenvalue weighted by molar-refractivity contribution is 0.102. The minimum Gasteiger partial charge on any atom is -0.322 e. The molecule has 2 aromatic carbocycles. The molecule has 5 nitrogen and oxygen atoms in total. The van der Waals surface area contributed by atoms with Gasteiger partial charge in [-0.2, -0.15) is 0 Å². The van der Waals surface area contributed by atoms with Gasteiger partial charge in [0.1, 0.15) is 0 Å². The molecule has 0 saturated carbocycles. The summed E-state index contributed by atoms with van der Waals surface area (Å²) in [6, 6.07) is 14.3. The van der Waals surface area contributed by atoms with Crippen LogP contribution >= 0.6 is 11.6 Å². The van der Waals surface area contributed by atoms with Gasteiger partial charge in [0.2, 0.25) is 0 Å². The van der Waals surface area contributed by atoms with Crippen LogP contribution in [0.2, 0.25) is 5.02 Å². The molecule has 0 spiro atoms. The molecule has 2 aromatic rings. The standard InChI is InChI=1S/C18H19ClN2O3S/c19-16-5-7-17(8-6-16)20-18(22)15-3-1-14(2-4-15)13-21-9-11-25(23,24)12-10-21/h1-8H,9-13H2,(H,20,22). The third-order valence-corrected chi connectivity index (χ3v) is 6.02. The van der Waals surface area contributed by atoms with Gasteiger partial charge in [-0.15, -0.1) is 0 Å². The first kappa shape index (κ1) is 17.9. The zero-order valence-electron chi connectivity index (χ0n) is 13.6. The summed E-state index contributed by atoms with van der Waals surface area (Å²) in [6.07, 6.45) is 0. The van der Waals surface area contributed by atoms with Crippen molar-refractivity contribution in [1.29, 1.82) is 0 Å². The van der Waals surface area contributed by atoms with Crippen LogP contribution in [0.25, 0.3) is 0 Å². The van der Waals surface area contributed by atoms with Gasteiger partial charge >= 0.3 is 0 Å². The molecule has 1 heterocycles. The monoisotopic (exact) mass is 378 g/mol. The smallest absolute Gasteiger partial charge is 0.255 e. The first-order valence-electron chi connectivity index (χ1n) is 8.00. The number of sulfone groups is 1. The van der Waals surface area contributed by atoms with Crippen molar-refractivity contribution in [3.63, 3.8) is 0 Å². The molecule has 0 atom stereocenters.